The first-order valence-corrected chi connectivity index (χ1v) is 9.40. The Balaban J connectivity index is 1.91. The van der Waals surface area contributed by atoms with Gasteiger partial charge in [-0.2, -0.15) is 16.7 Å². The second kappa shape index (κ2) is 7.18. The van der Waals surface area contributed by atoms with Crippen LogP contribution < -0.4 is 5.32 Å². The molecule has 1 aromatic heterocycles. The number of hydrogen-bond donors (Lipinski definition) is 1. The Labute approximate surface area is 130 Å². The SMILES string of the molecule is CCC1SCCSC1c1noc(CCNC(C)(C)C)n1. The van der Waals surface area contributed by atoms with Crippen LogP contribution in [0.25, 0.3) is 0 Å². The van der Waals surface area contributed by atoms with Gasteiger partial charge in [0.2, 0.25) is 5.89 Å². The Morgan fingerprint density at radius 3 is 2.75 bits per heavy atom. The van der Waals surface area contributed by atoms with Crippen molar-refractivity contribution in [3.63, 3.8) is 0 Å². The van der Waals surface area contributed by atoms with Gasteiger partial charge >= 0.3 is 0 Å². The number of nitrogens with zero attached hydrogens (tertiary/aromatic N) is 2. The van der Waals surface area contributed by atoms with Gasteiger partial charge < -0.3 is 9.84 Å². The molecule has 0 aromatic carbocycles. The molecule has 1 N–H and O–H groups in total. The topological polar surface area (TPSA) is 51.0 Å². The zero-order chi connectivity index (χ0) is 14.6. The molecule has 4 nitrogen and oxygen atoms in total. The third kappa shape index (κ3) is 4.67. The van der Waals surface area contributed by atoms with Gasteiger partial charge in [0, 0.05) is 35.3 Å². The first kappa shape index (κ1) is 16.2. The summed E-state index contributed by atoms with van der Waals surface area (Å²) in [6, 6.07) is 0. The van der Waals surface area contributed by atoms with Crippen LogP contribution in [0.15, 0.2) is 4.52 Å². The van der Waals surface area contributed by atoms with E-state index in [1.807, 2.05) is 23.5 Å². The van der Waals surface area contributed by atoms with Crippen LogP contribution in [0.3, 0.4) is 0 Å². The summed E-state index contributed by atoms with van der Waals surface area (Å²) < 4.78 is 5.40. The highest BCUT2D eigenvalue weighted by Crippen LogP contribution is 2.42. The Bertz CT molecular complexity index is 417. The summed E-state index contributed by atoms with van der Waals surface area (Å²) in [5.41, 5.74) is 0.131. The first-order valence-electron chi connectivity index (χ1n) is 7.30. The summed E-state index contributed by atoms with van der Waals surface area (Å²) in [6.07, 6.45) is 1.96. The van der Waals surface area contributed by atoms with Crippen LogP contribution >= 0.6 is 23.5 Å². The quantitative estimate of drug-likeness (QED) is 0.900. The lowest BCUT2D eigenvalue weighted by Gasteiger charge is -2.27. The van der Waals surface area contributed by atoms with Gasteiger partial charge in [0.25, 0.3) is 0 Å². The number of thioether (sulfide) groups is 2. The largest absolute Gasteiger partial charge is 0.339 e. The maximum atomic E-state index is 5.40. The van der Waals surface area contributed by atoms with E-state index in [4.69, 9.17) is 4.52 Å². The second-order valence-electron chi connectivity index (χ2n) is 6.08. The summed E-state index contributed by atoms with van der Waals surface area (Å²) in [7, 11) is 0. The van der Waals surface area contributed by atoms with Crippen molar-refractivity contribution in [2.75, 3.05) is 18.1 Å². The smallest absolute Gasteiger partial charge is 0.227 e. The summed E-state index contributed by atoms with van der Waals surface area (Å²) in [5.74, 6) is 4.06. The van der Waals surface area contributed by atoms with E-state index in [1.54, 1.807) is 0 Å². The molecule has 0 spiro atoms. The van der Waals surface area contributed by atoms with Crippen LogP contribution in [0.1, 0.15) is 51.1 Å². The molecule has 114 valence electrons. The molecule has 0 saturated carbocycles. The fraction of sp³-hybridized carbons (Fsp3) is 0.857. The predicted molar refractivity (Wildman–Crippen MR) is 87.5 cm³/mol. The first-order chi connectivity index (χ1) is 9.49. The van der Waals surface area contributed by atoms with Crippen LogP contribution in [-0.2, 0) is 6.42 Å². The van der Waals surface area contributed by atoms with Crippen LogP contribution in [0.4, 0.5) is 0 Å². The minimum absolute atomic E-state index is 0.131. The lowest BCUT2D eigenvalue weighted by atomic mass is 10.1. The third-order valence-electron chi connectivity index (χ3n) is 3.19. The van der Waals surface area contributed by atoms with Gasteiger partial charge in [-0.05, 0) is 27.2 Å². The van der Waals surface area contributed by atoms with Crippen molar-refractivity contribution in [1.82, 2.24) is 15.5 Å². The van der Waals surface area contributed by atoms with Gasteiger partial charge in [0.1, 0.15) is 0 Å². The lowest BCUT2D eigenvalue weighted by molar-refractivity contribution is 0.358. The van der Waals surface area contributed by atoms with Crippen LogP contribution in [0.2, 0.25) is 0 Å². The van der Waals surface area contributed by atoms with Gasteiger partial charge in [-0.25, -0.2) is 0 Å². The Morgan fingerprint density at radius 1 is 1.30 bits per heavy atom. The van der Waals surface area contributed by atoms with Gasteiger partial charge in [0.05, 0.1) is 5.25 Å². The van der Waals surface area contributed by atoms with E-state index in [-0.39, 0.29) is 5.54 Å². The molecule has 0 radical (unpaired) electrons. The van der Waals surface area contributed by atoms with Crippen molar-refractivity contribution in [1.29, 1.82) is 0 Å². The molecule has 2 rings (SSSR count). The van der Waals surface area contributed by atoms with Crippen molar-refractivity contribution >= 4 is 23.5 Å². The molecule has 2 atom stereocenters. The zero-order valence-corrected chi connectivity index (χ0v) is 14.4. The lowest BCUT2D eigenvalue weighted by Crippen LogP contribution is -2.37. The molecule has 1 aromatic rings. The van der Waals surface area contributed by atoms with Crippen molar-refractivity contribution in [3.05, 3.63) is 11.7 Å². The highest BCUT2D eigenvalue weighted by molar-refractivity contribution is 8.06. The van der Waals surface area contributed by atoms with Gasteiger partial charge in [-0.1, -0.05) is 12.1 Å². The van der Waals surface area contributed by atoms with E-state index >= 15 is 0 Å². The summed E-state index contributed by atoms with van der Waals surface area (Å²) >= 11 is 4.01. The summed E-state index contributed by atoms with van der Waals surface area (Å²) in [6.45, 7) is 9.59. The Hall–Kier alpha value is -0.200. The molecule has 0 amide bonds. The number of rotatable bonds is 5. The van der Waals surface area contributed by atoms with Crippen LogP contribution in [-0.4, -0.2) is 39.0 Å². The van der Waals surface area contributed by atoms with Gasteiger partial charge in [-0.3, -0.25) is 0 Å². The van der Waals surface area contributed by atoms with Crippen molar-refractivity contribution < 1.29 is 4.52 Å². The average molecular weight is 316 g/mol. The van der Waals surface area contributed by atoms with Gasteiger partial charge in [-0.15, -0.1) is 11.8 Å². The number of nitrogens with one attached hydrogen (secondary N) is 1. The second-order valence-corrected chi connectivity index (χ2v) is 8.68. The predicted octanol–water partition coefficient (Wildman–Crippen LogP) is 3.30. The monoisotopic (exact) mass is 315 g/mol. The molecule has 1 fully saturated rings. The van der Waals surface area contributed by atoms with E-state index in [0.29, 0.717) is 10.5 Å². The van der Waals surface area contributed by atoms with Crippen molar-refractivity contribution in [2.24, 2.45) is 0 Å². The normalized spacial score (nSPS) is 24.0. The fourth-order valence-corrected chi connectivity index (χ4v) is 5.15. The van der Waals surface area contributed by atoms with E-state index in [9.17, 15) is 0 Å². The molecule has 20 heavy (non-hydrogen) atoms. The number of hydrogen-bond acceptors (Lipinski definition) is 6. The molecule has 1 aliphatic heterocycles. The van der Waals surface area contributed by atoms with E-state index in [1.165, 1.54) is 11.5 Å². The standard InChI is InChI=1S/C14H25N3OS2/c1-5-10-12(20-9-8-19-10)13-16-11(18-17-13)6-7-15-14(2,3)4/h10,12,15H,5-9H2,1-4H3. The molecular formula is C14H25N3OS2. The zero-order valence-electron chi connectivity index (χ0n) is 12.8. The Kier molecular flexibility index (Phi) is 5.81. The molecule has 6 heteroatoms. The van der Waals surface area contributed by atoms with Crippen molar-refractivity contribution in [3.8, 4) is 0 Å². The Morgan fingerprint density at radius 2 is 2.05 bits per heavy atom. The maximum absolute atomic E-state index is 5.40. The average Bonchev–Trinajstić information content (AvgIpc) is 2.86. The molecule has 2 unspecified atom stereocenters. The summed E-state index contributed by atoms with van der Waals surface area (Å²) in [5, 5.41) is 8.66. The van der Waals surface area contributed by atoms with Gasteiger partial charge in [0.15, 0.2) is 5.82 Å². The third-order valence-corrected chi connectivity index (χ3v) is 6.43. The maximum Gasteiger partial charge on any atom is 0.227 e. The highest BCUT2D eigenvalue weighted by atomic mass is 32.2. The summed E-state index contributed by atoms with van der Waals surface area (Å²) in [4.78, 5) is 4.60. The molecular weight excluding hydrogens is 290 g/mol. The van der Waals surface area contributed by atoms with E-state index in [2.05, 4.69) is 43.2 Å². The fourth-order valence-electron chi connectivity index (χ4n) is 2.17. The van der Waals surface area contributed by atoms with Crippen LogP contribution in [0, 0.1) is 0 Å². The molecule has 0 bridgehead atoms. The van der Waals surface area contributed by atoms with E-state index < -0.39 is 0 Å². The molecule has 1 saturated heterocycles. The minimum Gasteiger partial charge on any atom is -0.339 e. The molecule has 1 aliphatic rings. The minimum atomic E-state index is 0.131. The number of aromatic nitrogens is 2. The highest BCUT2D eigenvalue weighted by Gasteiger charge is 2.30. The van der Waals surface area contributed by atoms with Crippen molar-refractivity contribution in [2.45, 2.75) is 56.6 Å². The molecule has 0 aliphatic carbocycles. The van der Waals surface area contributed by atoms with Crippen LogP contribution in [0.5, 0.6) is 0 Å². The van der Waals surface area contributed by atoms with E-state index in [0.717, 1.165) is 31.1 Å². The molecule has 2 heterocycles.